The molecule has 8 nitrogen and oxygen atoms in total. The van der Waals surface area contributed by atoms with Crippen LogP contribution in [0, 0.1) is 11.3 Å². The van der Waals surface area contributed by atoms with Crippen molar-refractivity contribution in [2.45, 2.75) is 95.0 Å². The molecule has 0 amide bonds. The molecule has 0 aromatic heterocycles. The number of hydrogen-bond acceptors (Lipinski definition) is 8. The molecule has 10 atom stereocenters. The molecule has 3 fully saturated rings. The topological polar surface area (TPSA) is 129 Å². The lowest BCUT2D eigenvalue weighted by atomic mass is 9.61. The Kier molecular flexibility index (Phi) is 6.21. The molecule has 3 aliphatic rings. The SMILES string of the molecule is C[C@@H](O)CC[C@@H]1[C@@]2(C)CO[C@]1(C)C[C@@H](O[C@@H]1O[C@H](CO)[C@H](O)[C@H](O)[C@H]1O)C2. The number of rotatable bonds is 6. The van der Waals surface area contributed by atoms with Gasteiger partial charge >= 0.3 is 0 Å². The van der Waals surface area contributed by atoms with Gasteiger partial charge in [0.25, 0.3) is 0 Å². The molecule has 2 aliphatic heterocycles. The summed E-state index contributed by atoms with van der Waals surface area (Å²) in [6.07, 6.45) is -4.00. The van der Waals surface area contributed by atoms with E-state index in [-0.39, 0.29) is 23.2 Å². The number of fused-ring (bicyclic) bond motifs is 2. The Balaban J connectivity index is 1.68. The van der Waals surface area contributed by atoms with Crippen LogP contribution in [-0.2, 0) is 14.2 Å². The monoisotopic (exact) mass is 390 g/mol. The minimum Gasteiger partial charge on any atom is -0.394 e. The van der Waals surface area contributed by atoms with Crippen LogP contribution < -0.4 is 0 Å². The molecule has 27 heavy (non-hydrogen) atoms. The van der Waals surface area contributed by atoms with Gasteiger partial charge in [0.1, 0.15) is 24.4 Å². The summed E-state index contributed by atoms with van der Waals surface area (Å²) in [5.41, 5.74) is -0.499. The Morgan fingerprint density at radius 1 is 1.11 bits per heavy atom. The standard InChI is InChI=1S/C19H34O8/c1-10(21)4-5-13-18(2)6-11(7-19(13,3)25-9-18)26-17-16(24)15(23)14(22)12(8-20)27-17/h10-17,20-24H,4-9H2,1-3H3/t10-,11+,12-,13-,14+,15+,16-,17-,18-,19-/m1/s1. The van der Waals surface area contributed by atoms with Gasteiger partial charge < -0.3 is 39.7 Å². The van der Waals surface area contributed by atoms with Crippen molar-refractivity contribution in [3.05, 3.63) is 0 Å². The van der Waals surface area contributed by atoms with Crippen LogP contribution in [0.25, 0.3) is 0 Å². The van der Waals surface area contributed by atoms with Gasteiger partial charge in [0.15, 0.2) is 6.29 Å². The highest BCUT2D eigenvalue weighted by molar-refractivity contribution is 5.07. The first kappa shape index (κ1) is 21.4. The van der Waals surface area contributed by atoms with Gasteiger partial charge in [0, 0.05) is 6.42 Å². The third-order valence-corrected chi connectivity index (χ3v) is 6.69. The predicted molar refractivity (Wildman–Crippen MR) is 94.7 cm³/mol. The van der Waals surface area contributed by atoms with Crippen molar-refractivity contribution in [3.63, 3.8) is 0 Å². The molecular weight excluding hydrogens is 356 g/mol. The Labute approximate surface area is 160 Å². The molecule has 2 heterocycles. The van der Waals surface area contributed by atoms with Gasteiger partial charge in [-0.1, -0.05) is 6.92 Å². The van der Waals surface area contributed by atoms with Crippen LogP contribution >= 0.6 is 0 Å². The van der Waals surface area contributed by atoms with E-state index < -0.39 is 37.3 Å². The van der Waals surface area contributed by atoms with E-state index in [9.17, 15) is 25.5 Å². The smallest absolute Gasteiger partial charge is 0.186 e. The highest BCUT2D eigenvalue weighted by atomic mass is 16.7. The van der Waals surface area contributed by atoms with E-state index in [1.54, 1.807) is 6.92 Å². The fraction of sp³-hybridized carbons (Fsp3) is 1.00. The zero-order valence-electron chi connectivity index (χ0n) is 16.3. The summed E-state index contributed by atoms with van der Waals surface area (Å²) in [6, 6.07) is 0. The third kappa shape index (κ3) is 4.04. The van der Waals surface area contributed by atoms with Crippen molar-refractivity contribution in [1.29, 1.82) is 0 Å². The number of aliphatic hydroxyl groups excluding tert-OH is 5. The second kappa shape index (κ2) is 7.84. The van der Waals surface area contributed by atoms with Crippen LogP contribution in [-0.4, -0.2) is 87.3 Å². The number of ether oxygens (including phenoxy) is 3. The largest absolute Gasteiger partial charge is 0.394 e. The van der Waals surface area contributed by atoms with Crippen molar-refractivity contribution in [1.82, 2.24) is 0 Å². The lowest BCUT2D eigenvalue weighted by Gasteiger charge is -2.48. The maximum Gasteiger partial charge on any atom is 0.186 e. The molecule has 0 radical (unpaired) electrons. The molecule has 1 aliphatic carbocycles. The van der Waals surface area contributed by atoms with E-state index in [4.69, 9.17) is 14.2 Å². The molecule has 0 unspecified atom stereocenters. The maximum absolute atomic E-state index is 10.2. The molecular formula is C19H34O8. The van der Waals surface area contributed by atoms with Gasteiger partial charge in [-0.25, -0.2) is 0 Å². The second-order valence-corrected chi connectivity index (χ2v) is 9.10. The predicted octanol–water partition coefficient (Wildman–Crippen LogP) is -0.462. The zero-order chi connectivity index (χ0) is 20.0. The summed E-state index contributed by atoms with van der Waals surface area (Å²) in [7, 11) is 0. The first-order valence-electron chi connectivity index (χ1n) is 9.87. The molecule has 0 spiro atoms. The fourth-order valence-corrected chi connectivity index (χ4v) is 5.24. The first-order chi connectivity index (χ1) is 12.6. The van der Waals surface area contributed by atoms with Gasteiger partial charge in [0.2, 0.25) is 0 Å². The Hall–Kier alpha value is -0.320. The van der Waals surface area contributed by atoms with Crippen molar-refractivity contribution >= 4 is 0 Å². The molecule has 0 aromatic carbocycles. The molecule has 5 N–H and O–H groups in total. The summed E-state index contributed by atoms with van der Waals surface area (Å²) in [6.45, 7) is 6.15. The van der Waals surface area contributed by atoms with E-state index in [1.165, 1.54) is 0 Å². The van der Waals surface area contributed by atoms with Crippen molar-refractivity contribution in [2.24, 2.45) is 11.3 Å². The summed E-state index contributed by atoms with van der Waals surface area (Å²) in [5.74, 6) is 0.300. The Bertz CT molecular complexity index is 494. The zero-order valence-corrected chi connectivity index (χ0v) is 16.3. The van der Waals surface area contributed by atoms with Gasteiger partial charge in [-0.3, -0.25) is 0 Å². The van der Waals surface area contributed by atoms with E-state index in [0.29, 0.717) is 25.4 Å². The van der Waals surface area contributed by atoms with E-state index in [0.717, 1.165) is 12.8 Å². The van der Waals surface area contributed by atoms with Crippen LogP contribution in [0.2, 0.25) is 0 Å². The normalized spacial score (nSPS) is 51.3. The number of hydrogen-bond donors (Lipinski definition) is 5. The van der Waals surface area contributed by atoms with Gasteiger partial charge in [0.05, 0.1) is 31.0 Å². The molecule has 1 saturated carbocycles. The van der Waals surface area contributed by atoms with Crippen LogP contribution in [0.4, 0.5) is 0 Å². The van der Waals surface area contributed by atoms with Crippen molar-refractivity contribution < 1.29 is 39.7 Å². The van der Waals surface area contributed by atoms with Gasteiger partial charge in [-0.15, -0.1) is 0 Å². The van der Waals surface area contributed by atoms with E-state index >= 15 is 0 Å². The lowest BCUT2D eigenvalue weighted by Crippen LogP contribution is -2.60. The Morgan fingerprint density at radius 2 is 1.81 bits per heavy atom. The molecule has 2 bridgehead atoms. The highest BCUT2D eigenvalue weighted by Gasteiger charge is 2.59. The van der Waals surface area contributed by atoms with Crippen LogP contribution in [0.15, 0.2) is 0 Å². The van der Waals surface area contributed by atoms with Crippen LogP contribution in [0.3, 0.4) is 0 Å². The van der Waals surface area contributed by atoms with Crippen molar-refractivity contribution in [2.75, 3.05) is 13.2 Å². The molecule has 158 valence electrons. The van der Waals surface area contributed by atoms with Crippen molar-refractivity contribution in [3.8, 4) is 0 Å². The average molecular weight is 390 g/mol. The fourth-order valence-electron chi connectivity index (χ4n) is 5.24. The highest BCUT2D eigenvalue weighted by Crippen LogP contribution is 2.56. The molecule has 0 aromatic rings. The lowest BCUT2D eigenvalue weighted by molar-refractivity contribution is -0.317. The Morgan fingerprint density at radius 3 is 2.41 bits per heavy atom. The molecule has 8 heteroatoms. The first-order valence-corrected chi connectivity index (χ1v) is 9.87. The molecule has 2 saturated heterocycles. The molecule has 3 rings (SSSR count). The minimum atomic E-state index is -1.44. The maximum atomic E-state index is 10.2. The van der Waals surface area contributed by atoms with Crippen LogP contribution in [0.5, 0.6) is 0 Å². The average Bonchev–Trinajstić information content (AvgIpc) is 2.74. The summed E-state index contributed by atoms with van der Waals surface area (Å²) in [5, 5.41) is 49.1. The third-order valence-electron chi connectivity index (χ3n) is 6.69. The number of aliphatic hydroxyl groups is 5. The summed E-state index contributed by atoms with van der Waals surface area (Å²) < 4.78 is 17.6. The second-order valence-electron chi connectivity index (χ2n) is 9.10. The minimum absolute atomic E-state index is 0.110. The summed E-state index contributed by atoms with van der Waals surface area (Å²) in [4.78, 5) is 0. The quantitative estimate of drug-likeness (QED) is 0.412. The summed E-state index contributed by atoms with van der Waals surface area (Å²) >= 11 is 0. The van der Waals surface area contributed by atoms with Gasteiger partial charge in [-0.2, -0.15) is 0 Å². The van der Waals surface area contributed by atoms with E-state index in [1.807, 2.05) is 0 Å². The van der Waals surface area contributed by atoms with Gasteiger partial charge in [-0.05, 0) is 44.4 Å². The van der Waals surface area contributed by atoms with E-state index in [2.05, 4.69) is 13.8 Å². The van der Waals surface area contributed by atoms with Crippen LogP contribution in [0.1, 0.15) is 46.5 Å².